The molecule has 0 aliphatic carbocycles. The molecule has 3 aromatic rings. The molecule has 0 aliphatic heterocycles. The Morgan fingerprint density at radius 1 is 1.17 bits per heavy atom. The number of halogens is 2. The van der Waals surface area contributed by atoms with Crippen LogP contribution in [-0.2, 0) is 11.3 Å². The first-order valence-electron chi connectivity index (χ1n) is 7.28. The van der Waals surface area contributed by atoms with Crippen LogP contribution in [-0.4, -0.2) is 10.5 Å². The number of rotatable bonds is 4. The largest absolute Gasteiger partial charge is 0.420 e. The summed E-state index contributed by atoms with van der Waals surface area (Å²) in [5.41, 5.74) is 1.80. The molecule has 1 heterocycles. The Kier molecular flexibility index (Phi) is 4.64. The van der Waals surface area contributed by atoms with Gasteiger partial charge in [0.2, 0.25) is 5.91 Å². The van der Waals surface area contributed by atoms with E-state index in [4.69, 9.17) is 27.6 Å². The van der Waals surface area contributed by atoms with Gasteiger partial charge in [-0.1, -0.05) is 35.3 Å². The smallest absolute Gasteiger partial charge is 0.408 e. The highest BCUT2D eigenvalue weighted by Crippen LogP contribution is 2.19. The molecule has 0 bridgehead atoms. The zero-order chi connectivity index (χ0) is 17.3. The molecule has 0 saturated carbocycles. The highest BCUT2D eigenvalue weighted by atomic mass is 35.5. The van der Waals surface area contributed by atoms with E-state index in [-0.39, 0.29) is 18.5 Å². The maximum absolute atomic E-state index is 12.3. The summed E-state index contributed by atoms with van der Waals surface area (Å²) in [6.07, 6.45) is 0. The first kappa shape index (κ1) is 16.6. The van der Waals surface area contributed by atoms with Crippen molar-refractivity contribution >= 4 is 40.2 Å². The highest BCUT2D eigenvalue weighted by molar-refractivity contribution is 6.31. The zero-order valence-corrected chi connectivity index (χ0v) is 14.3. The molecule has 2 aromatic carbocycles. The van der Waals surface area contributed by atoms with Gasteiger partial charge < -0.3 is 9.73 Å². The second-order valence-corrected chi connectivity index (χ2v) is 6.28. The number of nitrogens with zero attached hydrogens (tertiary/aromatic N) is 1. The van der Waals surface area contributed by atoms with Gasteiger partial charge in [0, 0.05) is 16.1 Å². The predicted molar refractivity (Wildman–Crippen MR) is 93.5 cm³/mol. The Balaban J connectivity index is 1.76. The van der Waals surface area contributed by atoms with Crippen molar-refractivity contribution in [3.63, 3.8) is 0 Å². The second kappa shape index (κ2) is 6.71. The summed E-state index contributed by atoms with van der Waals surface area (Å²) in [5, 5.41) is 3.94. The Morgan fingerprint density at radius 3 is 2.54 bits per heavy atom. The number of oxazole rings is 1. The number of carbonyl (C=O) groups excluding carboxylic acids is 1. The van der Waals surface area contributed by atoms with Gasteiger partial charge >= 0.3 is 5.76 Å². The van der Waals surface area contributed by atoms with Crippen molar-refractivity contribution in [2.75, 3.05) is 0 Å². The van der Waals surface area contributed by atoms with Crippen molar-refractivity contribution in [3.8, 4) is 0 Å². The van der Waals surface area contributed by atoms with E-state index in [1.165, 1.54) is 4.57 Å². The van der Waals surface area contributed by atoms with Crippen molar-refractivity contribution in [1.82, 2.24) is 9.88 Å². The van der Waals surface area contributed by atoms with E-state index in [2.05, 4.69) is 5.32 Å². The monoisotopic (exact) mass is 364 g/mol. The van der Waals surface area contributed by atoms with Crippen molar-refractivity contribution in [3.05, 3.63) is 68.6 Å². The van der Waals surface area contributed by atoms with Gasteiger partial charge in [-0.05, 0) is 36.8 Å². The summed E-state index contributed by atoms with van der Waals surface area (Å²) in [4.78, 5) is 24.2. The van der Waals surface area contributed by atoms with Crippen molar-refractivity contribution in [2.45, 2.75) is 19.5 Å². The summed E-state index contributed by atoms with van der Waals surface area (Å²) in [6, 6.07) is 11.8. The van der Waals surface area contributed by atoms with Gasteiger partial charge in [0.1, 0.15) is 6.54 Å². The third-order valence-electron chi connectivity index (χ3n) is 3.68. The van der Waals surface area contributed by atoms with Crippen LogP contribution in [0.4, 0.5) is 0 Å². The molecule has 24 heavy (non-hydrogen) atoms. The fourth-order valence-electron chi connectivity index (χ4n) is 2.46. The first-order chi connectivity index (χ1) is 11.4. The summed E-state index contributed by atoms with van der Waals surface area (Å²) < 4.78 is 6.39. The van der Waals surface area contributed by atoms with E-state index < -0.39 is 5.76 Å². The van der Waals surface area contributed by atoms with Crippen LogP contribution in [0.3, 0.4) is 0 Å². The molecule has 7 heteroatoms. The van der Waals surface area contributed by atoms with E-state index in [0.717, 1.165) is 5.56 Å². The van der Waals surface area contributed by atoms with Gasteiger partial charge in [0.25, 0.3) is 0 Å². The molecule has 0 aliphatic rings. The van der Waals surface area contributed by atoms with Crippen molar-refractivity contribution in [1.29, 1.82) is 0 Å². The van der Waals surface area contributed by atoms with Crippen LogP contribution in [0, 0.1) is 0 Å². The standard InChI is InChI=1S/C17H14Cl2N2O3/c1-10(11-2-4-12(18)5-3-11)20-16(22)9-21-14-7-6-13(19)8-15(14)24-17(21)23/h2-8,10H,9H2,1H3,(H,20,22)/t10-/m0/s1. The van der Waals surface area contributed by atoms with Crippen molar-refractivity contribution < 1.29 is 9.21 Å². The minimum Gasteiger partial charge on any atom is -0.408 e. The first-order valence-corrected chi connectivity index (χ1v) is 8.03. The lowest BCUT2D eigenvalue weighted by Crippen LogP contribution is -2.32. The summed E-state index contributed by atoms with van der Waals surface area (Å²) >= 11 is 11.7. The number of amides is 1. The Hall–Kier alpha value is -2.24. The number of fused-ring (bicyclic) bond motifs is 1. The molecule has 0 unspecified atom stereocenters. The normalized spacial score (nSPS) is 12.3. The van der Waals surface area contributed by atoms with E-state index in [1.54, 1.807) is 30.3 Å². The minimum atomic E-state index is -0.596. The molecule has 5 nitrogen and oxygen atoms in total. The van der Waals surface area contributed by atoms with Crippen LogP contribution >= 0.6 is 23.2 Å². The quantitative estimate of drug-likeness (QED) is 0.765. The van der Waals surface area contributed by atoms with Crippen LogP contribution < -0.4 is 11.1 Å². The van der Waals surface area contributed by atoms with Crippen LogP contribution in [0.5, 0.6) is 0 Å². The molecule has 0 saturated heterocycles. The van der Waals surface area contributed by atoms with Gasteiger partial charge in [0.15, 0.2) is 5.58 Å². The third-order valence-corrected chi connectivity index (χ3v) is 4.17. The number of aromatic nitrogens is 1. The number of hydrogen-bond acceptors (Lipinski definition) is 3. The van der Waals surface area contributed by atoms with Crippen molar-refractivity contribution in [2.24, 2.45) is 0 Å². The average Bonchev–Trinajstić information content (AvgIpc) is 2.82. The maximum Gasteiger partial charge on any atom is 0.420 e. The molecule has 0 fully saturated rings. The Morgan fingerprint density at radius 2 is 1.83 bits per heavy atom. The minimum absolute atomic E-state index is 0.134. The Labute approximate surface area is 147 Å². The molecular formula is C17H14Cl2N2O3. The number of carbonyl (C=O) groups is 1. The number of nitrogens with one attached hydrogen (secondary N) is 1. The lowest BCUT2D eigenvalue weighted by Gasteiger charge is -2.14. The van der Waals surface area contributed by atoms with Gasteiger partial charge in [-0.3, -0.25) is 9.36 Å². The van der Waals surface area contributed by atoms with Gasteiger partial charge in [-0.2, -0.15) is 0 Å². The Bertz CT molecular complexity index is 945. The number of benzene rings is 2. The molecule has 1 N–H and O–H groups in total. The molecule has 1 atom stereocenters. The summed E-state index contributed by atoms with van der Waals surface area (Å²) in [6.45, 7) is 1.72. The fourth-order valence-corrected chi connectivity index (χ4v) is 2.74. The van der Waals surface area contributed by atoms with Crippen LogP contribution in [0.2, 0.25) is 10.0 Å². The van der Waals surface area contributed by atoms with E-state index in [0.29, 0.717) is 21.1 Å². The summed E-state index contributed by atoms with van der Waals surface area (Å²) in [5.74, 6) is -0.890. The van der Waals surface area contributed by atoms with E-state index in [9.17, 15) is 9.59 Å². The van der Waals surface area contributed by atoms with Gasteiger partial charge in [-0.15, -0.1) is 0 Å². The molecule has 124 valence electrons. The second-order valence-electron chi connectivity index (χ2n) is 5.41. The molecule has 0 spiro atoms. The molecule has 0 radical (unpaired) electrons. The maximum atomic E-state index is 12.3. The zero-order valence-electron chi connectivity index (χ0n) is 12.8. The van der Waals surface area contributed by atoms with Gasteiger partial charge in [0.05, 0.1) is 11.6 Å². The molecule has 3 rings (SSSR count). The molecular weight excluding hydrogens is 351 g/mol. The van der Waals surface area contributed by atoms with Crippen LogP contribution in [0.25, 0.3) is 11.1 Å². The van der Waals surface area contributed by atoms with Crippen LogP contribution in [0.1, 0.15) is 18.5 Å². The highest BCUT2D eigenvalue weighted by Gasteiger charge is 2.15. The third kappa shape index (κ3) is 3.47. The number of hydrogen-bond donors (Lipinski definition) is 1. The van der Waals surface area contributed by atoms with E-state index in [1.807, 2.05) is 19.1 Å². The average molecular weight is 365 g/mol. The molecule has 1 amide bonds. The lowest BCUT2D eigenvalue weighted by molar-refractivity contribution is -0.122. The summed E-state index contributed by atoms with van der Waals surface area (Å²) in [7, 11) is 0. The SMILES string of the molecule is C[C@H](NC(=O)Cn1c(=O)oc2cc(Cl)ccc21)c1ccc(Cl)cc1. The topological polar surface area (TPSA) is 64.2 Å². The van der Waals surface area contributed by atoms with Gasteiger partial charge in [-0.25, -0.2) is 4.79 Å². The fraction of sp³-hybridized carbons (Fsp3) is 0.176. The van der Waals surface area contributed by atoms with Crippen LogP contribution in [0.15, 0.2) is 51.7 Å². The lowest BCUT2D eigenvalue weighted by atomic mass is 10.1. The van der Waals surface area contributed by atoms with E-state index >= 15 is 0 Å². The predicted octanol–water partition coefficient (Wildman–Crippen LogP) is 3.78. The molecule has 1 aromatic heterocycles.